The largest absolute Gasteiger partial charge is 0.416 e. The fourth-order valence-electron chi connectivity index (χ4n) is 2.88. The summed E-state index contributed by atoms with van der Waals surface area (Å²) in [6, 6.07) is 9.66. The van der Waals surface area contributed by atoms with Crippen molar-refractivity contribution in [2.45, 2.75) is 13.1 Å². The van der Waals surface area contributed by atoms with Gasteiger partial charge in [-0.1, -0.05) is 5.16 Å². The van der Waals surface area contributed by atoms with Gasteiger partial charge in [0.2, 0.25) is 5.82 Å². The molecular weight excluding hydrogens is 373 g/mol. The van der Waals surface area contributed by atoms with Crippen molar-refractivity contribution in [3.05, 3.63) is 64.1 Å². The Kier molecular flexibility index (Phi) is 4.02. The number of fused-ring (bicyclic) bond motifs is 1. The van der Waals surface area contributed by atoms with Crippen LogP contribution >= 0.6 is 0 Å². The summed E-state index contributed by atoms with van der Waals surface area (Å²) in [4.78, 5) is 20.5. The van der Waals surface area contributed by atoms with Gasteiger partial charge in [0, 0.05) is 18.2 Å². The third-order valence-electron chi connectivity index (χ3n) is 4.38. The van der Waals surface area contributed by atoms with Crippen molar-refractivity contribution >= 4 is 11.0 Å². The Morgan fingerprint density at radius 1 is 1.00 bits per heavy atom. The molecule has 2 aromatic heterocycles. The molecule has 4 aromatic rings. The second-order valence-electron chi connectivity index (χ2n) is 6.26. The first-order valence-corrected chi connectivity index (χ1v) is 8.23. The first kappa shape index (κ1) is 17.9. The molecule has 4 rings (SSSR count). The highest BCUT2D eigenvalue weighted by molar-refractivity contribution is 5.80. The number of benzene rings is 2. The molecule has 0 spiro atoms. The SMILES string of the molecule is Cc1nc2cc(-c3noc(-c4ccc(C(F)(F)F)cc4)n3)ccc2n(C)c1=O. The Bertz CT molecular complexity index is 1240. The number of aryl methyl sites for hydroxylation is 2. The number of alkyl halides is 3. The van der Waals surface area contributed by atoms with Crippen LogP contribution < -0.4 is 5.56 Å². The lowest BCUT2D eigenvalue weighted by Crippen LogP contribution is -2.20. The normalized spacial score (nSPS) is 11.9. The van der Waals surface area contributed by atoms with Gasteiger partial charge in [0.15, 0.2) is 0 Å². The Balaban J connectivity index is 1.71. The monoisotopic (exact) mass is 386 g/mol. The van der Waals surface area contributed by atoms with Gasteiger partial charge in [-0.15, -0.1) is 0 Å². The first-order chi connectivity index (χ1) is 13.2. The summed E-state index contributed by atoms with van der Waals surface area (Å²) >= 11 is 0. The van der Waals surface area contributed by atoms with Gasteiger partial charge in [-0.05, 0) is 49.4 Å². The van der Waals surface area contributed by atoms with Crippen molar-refractivity contribution in [1.29, 1.82) is 0 Å². The molecule has 0 radical (unpaired) electrons. The van der Waals surface area contributed by atoms with E-state index in [0.29, 0.717) is 27.9 Å². The van der Waals surface area contributed by atoms with Crippen LogP contribution in [0.25, 0.3) is 33.9 Å². The Hall–Kier alpha value is -3.49. The van der Waals surface area contributed by atoms with Gasteiger partial charge >= 0.3 is 6.18 Å². The molecule has 28 heavy (non-hydrogen) atoms. The second kappa shape index (κ2) is 6.29. The average molecular weight is 386 g/mol. The van der Waals surface area contributed by atoms with Crippen LogP contribution in [0, 0.1) is 6.92 Å². The lowest BCUT2D eigenvalue weighted by atomic mass is 10.1. The van der Waals surface area contributed by atoms with E-state index in [9.17, 15) is 18.0 Å². The van der Waals surface area contributed by atoms with Gasteiger partial charge in [-0.2, -0.15) is 18.2 Å². The molecule has 142 valence electrons. The predicted molar refractivity (Wildman–Crippen MR) is 95.5 cm³/mol. The van der Waals surface area contributed by atoms with Gasteiger partial charge in [-0.25, -0.2) is 4.98 Å². The van der Waals surface area contributed by atoms with Crippen LogP contribution in [0.15, 0.2) is 51.8 Å². The maximum Gasteiger partial charge on any atom is 0.416 e. The number of nitrogens with zero attached hydrogens (tertiary/aromatic N) is 4. The minimum atomic E-state index is -4.41. The quantitative estimate of drug-likeness (QED) is 0.521. The van der Waals surface area contributed by atoms with E-state index in [1.54, 1.807) is 32.2 Å². The molecule has 6 nitrogen and oxygen atoms in total. The van der Waals surface area contributed by atoms with E-state index < -0.39 is 11.7 Å². The summed E-state index contributed by atoms with van der Waals surface area (Å²) in [6.07, 6.45) is -4.41. The standard InChI is InChI=1S/C19H13F3N4O2/c1-10-18(27)26(2)15-8-5-12(9-14(15)23-10)16-24-17(28-25-16)11-3-6-13(7-4-11)19(20,21)22/h3-9H,1-2H3. The third-order valence-corrected chi connectivity index (χ3v) is 4.38. The van der Waals surface area contributed by atoms with E-state index in [-0.39, 0.29) is 17.3 Å². The second-order valence-corrected chi connectivity index (χ2v) is 6.26. The van der Waals surface area contributed by atoms with Crippen LogP contribution in [0.1, 0.15) is 11.3 Å². The van der Waals surface area contributed by atoms with E-state index in [1.165, 1.54) is 16.7 Å². The van der Waals surface area contributed by atoms with Gasteiger partial charge in [0.05, 0.1) is 16.6 Å². The van der Waals surface area contributed by atoms with Crippen LogP contribution in [-0.2, 0) is 13.2 Å². The van der Waals surface area contributed by atoms with Crippen LogP contribution in [0.4, 0.5) is 13.2 Å². The molecule has 0 aliphatic carbocycles. The molecule has 0 aliphatic rings. The van der Waals surface area contributed by atoms with E-state index in [0.717, 1.165) is 12.1 Å². The molecule has 0 N–H and O–H groups in total. The van der Waals surface area contributed by atoms with Crippen LogP contribution in [-0.4, -0.2) is 19.7 Å². The highest BCUT2D eigenvalue weighted by Gasteiger charge is 2.30. The Morgan fingerprint density at radius 2 is 1.68 bits per heavy atom. The molecule has 0 saturated heterocycles. The summed E-state index contributed by atoms with van der Waals surface area (Å²) in [5.41, 5.74) is 1.68. The lowest BCUT2D eigenvalue weighted by Gasteiger charge is -2.06. The summed E-state index contributed by atoms with van der Waals surface area (Å²) < 4.78 is 44.7. The van der Waals surface area contributed by atoms with Crippen molar-refractivity contribution in [3.63, 3.8) is 0 Å². The Morgan fingerprint density at radius 3 is 2.36 bits per heavy atom. The number of hydrogen-bond acceptors (Lipinski definition) is 5. The molecular formula is C19H13F3N4O2. The van der Waals surface area contributed by atoms with E-state index in [1.807, 2.05) is 0 Å². The number of rotatable bonds is 2. The van der Waals surface area contributed by atoms with Gasteiger partial charge in [0.1, 0.15) is 5.69 Å². The van der Waals surface area contributed by atoms with E-state index in [2.05, 4.69) is 15.1 Å². The number of hydrogen-bond donors (Lipinski definition) is 0. The van der Waals surface area contributed by atoms with E-state index >= 15 is 0 Å². The minimum Gasteiger partial charge on any atom is -0.334 e. The average Bonchev–Trinajstić information content (AvgIpc) is 3.15. The highest BCUT2D eigenvalue weighted by atomic mass is 19.4. The lowest BCUT2D eigenvalue weighted by molar-refractivity contribution is -0.137. The smallest absolute Gasteiger partial charge is 0.334 e. The Labute approximate surface area is 156 Å². The maximum atomic E-state index is 12.7. The maximum absolute atomic E-state index is 12.7. The predicted octanol–water partition coefficient (Wildman–Crippen LogP) is 3.98. The van der Waals surface area contributed by atoms with Crippen LogP contribution in [0.2, 0.25) is 0 Å². The van der Waals surface area contributed by atoms with Gasteiger partial charge in [0.25, 0.3) is 11.4 Å². The molecule has 0 saturated carbocycles. The topological polar surface area (TPSA) is 73.8 Å². The number of aromatic nitrogens is 4. The van der Waals surface area contributed by atoms with Crippen molar-refractivity contribution in [2.24, 2.45) is 7.05 Å². The zero-order valence-corrected chi connectivity index (χ0v) is 14.8. The molecule has 9 heteroatoms. The van der Waals surface area contributed by atoms with Crippen LogP contribution in [0.5, 0.6) is 0 Å². The molecule has 0 bridgehead atoms. The molecule has 0 fully saturated rings. The first-order valence-electron chi connectivity index (χ1n) is 8.23. The summed E-state index contributed by atoms with van der Waals surface area (Å²) in [5.74, 6) is 0.374. The molecule has 0 aliphatic heterocycles. The van der Waals surface area contributed by atoms with Crippen molar-refractivity contribution in [3.8, 4) is 22.8 Å². The van der Waals surface area contributed by atoms with Gasteiger partial charge < -0.3 is 9.09 Å². The summed E-state index contributed by atoms with van der Waals surface area (Å²) in [6.45, 7) is 1.63. The van der Waals surface area contributed by atoms with Crippen LogP contribution in [0.3, 0.4) is 0 Å². The third kappa shape index (κ3) is 3.04. The minimum absolute atomic E-state index is 0.105. The highest BCUT2D eigenvalue weighted by Crippen LogP contribution is 2.31. The molecule has 0 unspecified atom stereocenters. The van der Waals surface area contributed by atoms with E-state index in [4.69, 9.17) is 4.52 Å². The fourth-order valence-corrected chi connectivity index (χ4v) is 2.88. The molecule has 0 amide bonds. The zero-order chi connectivity index (χ0) is 20.1. The van der Waals surface area contributed by atoms with Crippen molar-refractivity contribution < 1.29 is 17.7 Å². The molecule has 0 atom stereocenters. The summed E-state index contributed by atoms with van der Waals surface area (Å²) in [5, 5.41) is 3.90. The zero-order valence-electron chi connectivity index (χ0n) is 14.8. The van der Waals surface area contributed by atoms with Crippen molar-refractivity contribution in [1.82, 2.24) is 19.7 Å². The fraction of sp³-hybridized carbons (Fsp3) is 0.158. The molecule has 2 aromatic carbocycles. The molecule has 2 heterocycles. The van der Waals surface area contributed by atoms with Crippen molar-refractivity contribution in [2.75, 3.05) is 0 Å². The summed E-state index contributed by atoms with van der Waals surface area (Å²) in [7, 11) is 1.66. The number of halogens is 3. The van der Waals surface area contributed by atoms with Gasteiger partial charge in [-0.3, -0.25) is 4.79 Å².